The van der Waals surface area contributed by atoms with Crippen molar-refractivity contribution >= 4 is 58.1 Å². The van der Waals surface area contributed by atoms with E-state index in [9.17, 15) is 43.3 Å². The number of halogens is 1. The first-order valence-corrected chi connectivity index (χ1v) is 14.6. The maximum atomic E-state index is 12.1. The van der Waals surface area contributed by atoms with Crippen molar-refractivity contribution in [1.82, 2.24) is 30.0 Å². The highest BCUT2D eigenvalue weighted by Gasteiger charge is 2.47. The molecule has 3 heterocycles. The Morgan fingerprint density at radius 3 is 2.45 bits per heavy atom. The standard InChI is InChI=1S/C12H19ClN7O15P3/c13-1-5(21)18-20-9(23)4(2-32-37(28,29)35-38(30,31)34-36(25,26)27)33-11(10(20)24)19-3-15-6-7(19)16-12(14)17-8(6)22/h3-4,9-11,23-24H,1-2H2,(H,18,21)(H,28,29)(H,30,31)(H2,25,26,27)(H3,14,16,17,22)/t4-,9-,10+,11-/m0/s1. The first-order chi connectivity index (χ1) is 17.4. The van der Waals surface area contributed by atoms with E-state index in [1.807, 2.05) is 5.43 Å². The van der Waals surface area contributed by atoms with Gasteiger partial charge >= 0.3 is 23.5 Å². The van der Waals surface area contributed by atoms with Crippen LogP contribution in [0.5, 0.6) is 0 Å². The highest BCUT2D eigenvalue weighted by atomic mass is 35.5. The number of nitrogen functional groups attached to an aromatic ring is 1. The fourth-order valence-corrected chi connectivity index (χ4v) is 6.12. The number of aliphatic hydroxyl groups is 2. The molecule has 10 N–H and O–H groups in total. The molecule has 1 aliphatic rings. The van der Waals surface area contributed by atoms with Crippen molar-refractivity contribution in [1.29, 1.82) is 0 Å². The molecule has 1 saturated heterocycles. The molecule has 0 aliphatic carbocycles. The number of carbonyl (C=O) groups is 1. The van der Waals surface area contributed by atoms with Gasteiger partial charge in [-0.15, -0.1) is 11.6 Å². The van der Waals surface area contributed by atoms with Gasteiger partial charge in [-0.05, 0) is 0 Å². The van der Waals surface area contributed by atoms with Crippen LogP contribution in [0, 0.1) is 0 Å². The first kappa shape index (κ1) is 30.7. The summed E-state index contributed by atoms with van der Waals surface area (Å²) in [6.45, 7) is -1.19. The number of hydrogen-bond acceptors (Lipinski definition) is 15. The topological polar surface area (TPSA) is 331 Å². The van der Waals surface area contributed by atoms with Gasteiger partial charge in [-0.1, -0.05) is 0 Å². The van der Waals surface area contributed by atoms with Gasteiger partial charge in [-0.2, -0.15) is 18.6 Å². The summed E-state index contributed by atoms with van der Waals surface area (Å²) in [7, 11) is -17.1. The minimum Gasteiger partial charge on any atom is -0.374 e. The molecule has 22 nitrogen and oxygen atoms in total. The molecule has 0 bridgehead atoms. The van der Waals surface area contributed by atoms with E-state index in [-0.39, 0.29) is 17.1 Å². The van der Waals surface area contributed by atoms with Crippen LogP contribution in [-0.2, 0) is 36.4 Å². The average molecular weight is 630 g/mol. The number of nitrogens with zero attached hydrogens (tertiary/aromatic N) is 4. The Morgan fingerprint density at radius 1 is 1.18 bits per heavy atom. The summed E-state index contributed by atoms with van der Waals surface area (Å²) in [4.78, 5) is 69.9. The van der Waals surface area contributed by atoms with Gasteiger partial charge in [-0.3, -0.25) is 29.1 Å². The number of nitrogens with two attached hydrogens (primary N) is 1. The highest BCUT2D eigenvalue weighted by Crippen LogP contribution is 2.66. The molecule has 38 heavy (non-hydrogen) atoms. The highest BCUT2D eigenvalue weighted by molar-refractivity contribution is 7.66. The zero-order valence-corrected chi connectivity index (χ0v) is 21.7. The molecule has 2 aromatic rings. The number of alkyl halides is 1. The predicted octanol–water partition coefficient (Wildman–Crippen LogP) is -2.85. The number of hydrogen-bond donors (Lipinski definition) is 9. The quantitative estimate of drug-likeness (QED) is 0.0942. The van der Waals surface area contributed by atoms with Crippen molar-refractivity contribution in [3.63, 3.8) is 0 Å². The van der Waals surface area contributed by atoms with Gasteiger partial charge in [0.15, 0.2) is 29.8 Å². The lowest BCUT2D eigenvalue weighted by atomic mass is 10.2. The van der Waals surface area contributed by atoms with Crippen molar-refractivity contribution in [3.05, 3.63) is 16.7 Å². The molecule has 3 rings (SSSR count). The number of phosphoric ester groups is 1. The van der Waals surface area contributed by atoms with E-state index in [0.717, 1.165) is 10.9 Å². The monoisotopic (exact) mass is 629 g/mol. The number of amides is 1. The van der Waals surface area contributed by atoms with E-state index in [4.69, 9.17) is 31.9 Å². The largest absolute Gasteiger partial charge is 0.490 e. The molecule has 0 radical (unpaired) electrons. The van der Waals surface area contributed by atoms with Crippen LogP contribution in [0.3, 0.4) is 0 Å². The summed E-state index contributed by atoms with van der Waals surface area (Å²) in [5, 5.41) is 21.9. The van der Waals surface area contributed by atoms with E-state index in [2.05, 4.69) is 28.1 Å². The van der Waals surface area contributed by atoms with Crippen LogP contribution >= 0.6 is 35.1 Å². The number of rotatable bonds is 10. The van der Waals surface area contributed by atoms with Gasteiger partial charge in [0.2, 0.25) is 11.9 Å². The summed E-state index contributed by atoms with van der Waals surface area (Å²) in [5.41, 5.74) is 6.32. The third-order valence-electron chi connectivity index (χ3n) is 4.39. The Hall–Kier alpha value is -1.84. The van der Waals surface area contributed by atoms with Crippen molar-refractivity contribution in [3.8, 4) is 0 Å². The number of ether oxygens (including phenoxy) is 1. The molecule has 1 aliphatic heterocycles. The van der Waals surface area contributed by atoms with Crippen molar-refractivity contribution in [2.75, 3.05) is 18.2 Å². The van der Waals surface area contributed by atoms with Gasteiger partial charge in [0.25, 0.3) is 5.56 Å². The van der Waals surface area contributed by atoms with Crippen LogP contribution in [-0.4, -0.2) is 91.3 Å². The smallest absolute Gasteiger partial charge is 0.374 e. The average Bonchev–Trinajstić information content (AvgIpc) is 3.17. The Morgan fingerprint density at radius 2 is 1.84 bits per heavy atom. The molecule has 2 unspecified atom stereocenters. The number of carbonyl (C=O) groups excluding carboxylic acids is 1. The summed E-state index contributed by atoms with van der Waals surface area (Å²) >= 11 is 5.44. The lowest BCUT2D eigenvalue weighted by molar-refractivity contribution is -0.299. The van der Waals surface area contributed by atoms with Crippen LogP contribution < -0.4 is 16.7 Å². The fraction of sp³-hybridized carbons (Fsp3) is 0.500. The predicted molar refractivity (Wildman–Crippen MR) is 119 cm³/mol. The number of aromatic nitrogens is 4. The van der Waals surface area contributed by atoms with Crippen LogP contribution in [0.4, 0.5) is 5.95 Å². The molecule has 214 valence electrons. The molecular formula is C12H19ClN7O15P3. The zero-order valence-electron chi connectivity index (χ0n) is 18.2. The van der Waals surface area contributed by atoms with E-state index in [0.29, 0.717) is 5.01 Å². The van der Waals surface area contributed by atoms with E-state index in [1.165, 1.54) is 0 Å². The Kier molecular flexibility index (Phi) is 9.16. The second-order valence-corrected chi connectivity index (χ2v) is 11.8. The third-order valence-corrected chi connectivity index (χ3v) is 8.43. The SMILES string of the molecule is Nc1nc2c(ncn2[C@H]2O[C@@H](COP(=O)(O)OP(=O)(O)OP(=O)(O)O)[C@H](O)N(NC(=O)CCl)[C@@H]2O)c(=O)[nH]1. The molecule has 0 saturated carbocycles. The number of aromatic amines is 1. The lowest BCUT2D eigenvalue weighted by Crippen LogP contribution is -2.65. The second kappa shape index (κ2) is 11.3. The van der Waals surface area contributed by atoms with Gasteiger partial charge < -0.3 is 40.3 Å². The van der Waals surface area contributed by atoms with Crippen molar-refractivity contribution in [2.24, 2.45) is 0 Å². The third kappa shape index (κ3) is 7.42. The number of fused-ring (bicyclic) bond motifs is 1. The Bertz CT molecular complexity index is 1400. The van der Waals surface area contributed by atoms with E-state index in [1.54, 1.807) is 0 Å². The number of nitrogens with one attached hydrogen (secondary N) is 2. The van der Waals surface area contributed by atoms with Gasteiger partial charge in [0.1, 0.15) is 12.0 Å². The summed E-state index contributed by atoms with van der Waals surface area (Å²) in [6.07, 6.45) is -6.54. The molecular weight excluding hydrogens is 611 g/mol. The Balaban J connectivity index is 1.90. The number of anilines is 1. The summed E-state index contributed by atoms with van der Waals surface area (Å²) in [5.74, 6) is -1.94. The number of hydrazine groups is 1. The molecule has 0 spiro atoms. The normalized spacial score (nSPS) is 26.1. The van der Waals surface area contributed by atoms with Crippen LogP contribution in [0.2, 0.25) is 0 Å². The van der Waals surface area contributed by atoms with Gasteiger partial charge in [-0.25, -0.2) is 18.7 Å². The minimum absolute atomic E-state index is 0.234. The summed E-state index contributed by atoms with van der Waals surface area (Å²) in [6, 6.07) is 0. The van der Waals surface area contributed by atoms with E-state index >= 15 is 0 Å². The number of imidazole rings is 1. The van der Waals surface area contributed by atoms with Crippen molar-refractivity contribution in [2.45, 2.75) is 24.8 Å². The number of phosphoric acid groups is 3. The molecule has 2 aromatic heterocycles. The first-order valence-electron chi connectivity index (χ1n) is 9.59. The fourth-order valence-electron chi connectivity index (χ4n) is 3.03. The number of morpholine rings is 1. The minimum atomic E-state index is -5.85. The maximum absolute atomic E-state index is 12.1. The van der Waals surface area contributed by atoms with Crippen molar-refractivity contribution < 1.29 is 66.2 Å². The van der Waals surface area contributed by atoms with Crippen LogP contribution in [0.1, 0.15) is 6.23 Å². The molecule has 6 atom stereocenters. The zero-order chi connectivity index (χ0) is 28.6. The van der Waals surface area contributed by atoms with Crippen LogP contribution in [0.25, 0.3) is 11.2 Å². The molecule has 0 aromatic carbocycles. The molecule has 26 heteroatoms. The summed E-state index contributed by atoms with van der Waals surface area (Å²) < 4.78 is 52.4. The number of aliphatic hydroxyl groups excluding tert-OH is 2. The lowest BCUT2D eigenvalue weighted by Gasteiger charge is -2.45. The van der Waals surface area contributed by atoms with Gasteiger partial charge in [0, 0.05) is 0 Å². The molecule has 1 fully saturated rings. The van der Waals surface area contributed by atoms with Crippen LogP contribution in [0.15, 0.2) is 11.1 Å². The molecule has 1 amide bonds. The maximum Gasteiger partial charge on any atom is 0.490 e. The van der Waals surface area contributed by atoms with Gasteiger partial charge in [0.05, 0.1) is 12.9 Å². The number of H-pyrrole nitrogens is 1. The Labute approximate surface area is 214 Å². The van der Waals surface area contributed by atoms with E-state index < -0.39 is 72.2 Å². The second-order valence-electron chi connectivity index (χ2n) is 7.13.